The largest absolute Gasteiger partial charge is 0.351 e. The maximum atomic E-state index is 13.6. The Morgan fingerprint density at radius 2 is 2.16 bits per heavy atom. The first-order valence-corrected chi connectivity index (χ1v) is 7.13. The molecule has 0 bridgehead atoms. The summed E-state index contributed by atoms with van der Waals surface area (Å²) in [5, 5.41) is 6.03. The molecule has 0 aliphatic carbocycles. The van der Waals surface area contributed by atoms with Crippen LogP contribution >= 0.6 is 15.9 Å². The van der Waals surface area contributed by atoms with E-state index in [9.17, 15) is 9.18 Å². The van der Waals surface area contributed by atoms with E-state index in [0.29, 0.717) is 11.0 Å². The third kappa shape index (κ3) is 3.99. The number of piperazine rings is 1. The molecule has 0 aromatic heterocycles. The van der Waals surface area contributed by atoms with Gasteiger partial charge in [0.2, 0.25) is 0 Å². The van der Waals surface area contributed by atoms with Crippen LogP contribution < -0.4 is 10.6 Å². The van der Waals surface area contributed by atoms with E-state index in [1.54, 1.807) is 12.1 Å². The summed E-state index contributed by atoms with van der Waals surface area (Å²) in [5.74, 6) is -0.880. The van der Waals surface area contributed by atoms with E-state index >= 15 is 0 Å². The highest BCUT2D eigenvalue weighted by Gasteiger charge is 2.15. The molecule has 104 valence electrons. The van der Waals surface area contributed by atoms with Gasteiger partial charge in [-0.2, -0.15) is 0 Å². The van der Waals surface area contributed by atoms with Crippen molar-refractivity contribution in [3.05, 3.63) is 34.1 Å². The molecule has 6 heteroatoms. The van der Waals surface area contributed by atoms with Crippen molar-refractivity contribution in [2.24, 2.45) is 0 Å². The van der Waals surface area contributed by atoms with Crippen LogP contribution in [0.3, 0.4) is 0 Å². The van der Waals surface area contributed by atoms with Crippen molar-refractivity contribution in [3.8, 4) is 0 Å². The zero-order chi connectivity index (χ0) is 13.7. The van der Waals surface area contributed by atoms with E-state index in [4.69, 9.17) is 0 Å². The number of hydrogen-bond donors (Lipinski definition) is 2. The molecule has 2 rings (SSSR count). The Balaban J connectivity index is 1.84. The van der Waals surface area contributed by atoms with E-state index in [1.807, 2.05) is 0 Å². The Kier molecular flexibility index (Phi) is 5.30. The van der Waals surface area contributed by atoms with Crippen LogP contribution in [0.1, 0.15) is 10.4 Å². The summed E-state index contributed by atoms with van der Waals surface area (Å²) in [6.07, 6.45) is 0. The van der Waals surface area contributed by atoms with Crippen LogP contribution in [0.5, 0.6) is 0 Å². The molecule has 1 aliphatic heterocycles. The summed E-state index contributed by atoms with van der Waals surface area (Å²) in [4.78, 5) is 14.2. The van der Waals surface area contributed by atoms with Crippen molar-refractivity contribution >= 4 is 21.8 Å². The molecule has 0 atom stereocenters. The standard InChI is InChI=1S/C13H17BrFN3O/c14-10-2-1-3-11(15)12(10)13(19)17-6-9-18-7-4-16-5-8-18/h1-3,16H,4-9H2,(H,17,19). The minimum atomic E-state index is -0.506. The first-order valence-electron chi connectivity index (χ1n) is 6.34. The zero-order valence-electron chi connectivity index (χ0n) is 10.6. The predicted molar refractivity (Wildman–Crippen MR) is 75.7 cm³/mol. The van der Waals surface area contributed by atoms with Gasteiger partial charge in [-0.1, -0.05) is 6.07 Å². The molecule has 1 fully saturated rings. The third-order valence-corrected chi connectivity index (χ3v) is 3.77. The van der Waals surface area contributed by atoms with Gasteiger partial charge in [-0.25, -0.2) is 4.39 Å². The quantitative estimate of drug-likeness (QED) is 0.873. The van der Waals surface area contributed by atoms with Crippen molar-refractivity contribution in [3.63, 3.8) is 0 Å². The molecular formula is C13H17BrFN3O. The third-order valence-electron chi connectivity index (χ3n) is 3.11. The Morgan fingerprint density at radius 3 is 2.84 bits per heavy atom. The van der Waals surface area contributed by atoms with Gasteiger partial charge in [0.25, 0.3) is 5.91 Å². The Labute approximate surface area is 120 Å². The maximum Gasteiger partial charge on any atom is 0.255 e. The van der Waals surface area contributed by atoms with Gasteiger partial charge in [0.05, 0.1) is 5.56 Å². The van der Waals surface area contributed by atoms with Crippen molar-refractivity contribution in [1.82, 2.24) is 15.5 Å². The highest BCUT2D eigenvalue weighted by Crippen LogP contribution is 2.19. The van der Waals surface area contributed by atoms with Crippen LogP contribution in [0, 0.1) is 5.82 Å². The smallest absolute Gasteiger partial charge is 0.255 e. The molecular weight excluding hydrogens is 313 g/mol. The number of carbonyl (C=O) groups is 1. The van der Waals surface area contributed by atoms with Crippen LogP contribution in [0.2, 0.25) is 0 Å². The molecule has 2 N–H and O–H groups in total. The Morgan fingerprint density at radius 1 is 1.42 bits per heavy atom. The number of halogens is 2. The molecule has 1 amide bonds. The minimum absolute atomic E-state index is 0.0720. The first kappa shape index (κ1) is 14.4. The number of nitrogens with zero attached hydrogens (tertiary/aromatic N) is 1. The van der Waals surface area contributed by atoms with Gasteiger partial charge in [0, 0.05) is 43.7 Å². The lowest BCUT2D eigenvalue weighted by molar-refractivity contribution is 0.0942. The summed E-state index contributed by atoms with van der Waals surface area (Å²) in [6, 6.07) is 4.52. The molecule has 1 saturated heterocycles. The number of hydrogen-bond acceptors (Lipinski definition) is 3. The van der Waals surface area contributed by atoms with E-state index in [2.05, 4.69) is 31.5 Å². The van der Waals surface area contributed by atoms with Gasteiger partial charge >= 0.3 is 0 Å². The average molecular weight is 330 g/mol. The van der Waals surface area contributed by atoms with Crippen molar-refractivity contribution < 1.29 is 9.18 Å². The van der Waals surface area contributed by atoms with Gasteiger partial charge in [-0.05, 0) is 28.1 Å². The number of nitrogens with one attached hydrogen (secondary N) is 2. The fraction of sp³-hybridized carbons (Fsp3) is 0.462. The normalized spacial score (nSPS) is 16.3. The number of amides is 1. The van der Waals surface area contributed by atoms with Crippen LogP contribution in [0.4, 0.5) is 4.39 Å². The lowest BCUT2D eigenvalue weighted by atomic mass is 10.2. The van der Waals surface area contributed by atoms with E-state index in [0.717, 1.165) is 32.7 Å². The van der Waals surface area contributed by atoms with Crippen molar-refractivity contribution in [2.45, 2.75) is 0 Å². The Bertz CT molecular complexity index is 429. The fourth-order valence-corrected chi connectivity index (χ4v) is 2.59. The second-order valence-corrected chi connectivity index (χ2v) is 5.30. The molecule has 0 saturated carbocycles. The number of rotatable bonds is 4. The van der Waals surface area contributed by atoms with Crippen LogP contribution in [0.25, 0.3) is 0 Å². The average Bonchev–Trinajstić information content (AvgIpc) is 2.40. The van der Waals surface area contributed by atoms with Gasteiger partial charge in [-0.3, -0.25) is 9.69 Å². The highest BCUT2D eigenvalue weighted by atomic mass is 79.9. The summed E-state index contributed by atoms with van der Waals surface area (Å²) in [5.41, 5.74) is 0.0720. The monoisotopic (exact) mass is 329 g/mol. The Hall–Kier alpha value is -0.980. The zero-order valence-corrected chi connectivity index (χ0v) is 12.2. The van der Waals surface area contributed by atoms with E-state index in [1.165, 1.54) is 6.07 Å². The van der Waals surface area contributed by atoms with E-state index < -0.39 is 5.82 Å². The molecule has 0 unspecified atom stereocenters. The van der Waals surface area contributed by atoms with Crippen LogP contribution in [0.15, 0.2) is 22.7 Å². The predicted octanol–water partition coefficient (Wildman–Crippen LogP) is 1.22. The molecule has 4 nitrogen and oxygen atoms in total. The number of benzene rings is 1. The van der Waals surface area contributed by atoms with Gasteiger partial charge in [0.1, 0.15) is 5.82 Å². The highest BCUT2D eigenvalue weighted by molar-refractivity contribution is 9.10. The fourth-order valence-electron chi connectivity index (χ4n) is 2.07. The van der Waals surface area contributed by atoms with Crippen molar-refractivity contribution in [1.29, 1.82) is 0 Å². The van der Waals surface area contributed by atoms with Crippen molar-refractivity contribution in [2.75, 3.05) is 39.3 Å². The lowest BCUT2D eigenvalue weighted by Crippen LogP contribution is -2.46. The van der Waals surface area contributed by atoms with Crippen LogP contribution in [-0.4, -0.2) is 50.1 Å². The molecule has 1 heterocycles. The molecule has 19 heavy (non-hydrogen) atoms. The minimum Gasteiger partial charge on any atom is -0.351 e. The van der Waals surface area contributed by atoms with Crippen LogP contribution in [-0.2, 0) is 0 Å². The summed E-state index contributed by atoms with van der Waals surface area (Å²) in [7, 11) is 0. The van der Waals surface area contributed by atoms with E-state index in [-0.39, 0.29) is 11.5 Å². The molecule has 1 aliphatic rings. The number of carbonyl (C=O) groups excluding carboxylic acids is 1. The van der Waals surface area contributed by atoms with Gasteiger partial charge in [0.15, 0.2) is 0 Å². The first-order chi connectivity index (χ1) is 9.18. The van der Waals surface area contributed by atoms with Gasteiger partial charge in [-0.15, -0.1) is 0 Å². The lowest BCUT2D eigenvalue weighted by Gasteiger charge is -2.27. The SMILES string of the molecule is O=C(NCCN1CCNCC1)c1c(F)cccc1Br. The summed E-state index contributed by atoms with van der Waals surface area (Å²) >= 11 is 3.20. The molecule has 0 radical (unpaired) electrons. The van der Waals surface area contributed by atoms with Gasteiger partial charge < -0.3 is 10.6 Å². The second-order valence-electron chi connectivity index (χ2n) is 4.44. The summed E-state index contributed by atoms with van der Waals surface area (Å²) in [6.45, 7) is 5.25. The molecule has 1 aromatic rings. The topological polar surface area (TPSA) is 44.4 Å². The molecule has 0 spiro atoms. The second kappa shape index (κ2) is 6.98. The maximum absolute atomic E-state index is 13.6. The molecule has 1 aromatic carbocycles. The summed E-state index contributed by atoms with van der Waals surface area (Å²) < 4.78 is 14.1.